The van der Waals surface area contributed by atoms with Gasteiger partial charge in [0.15, 0.2) is 5.82 Å². The van der Waals surface area contributed by atoms with Crippen LogP contribution < -0.4 is 5.73 Å². The molecule has 0 amide bonds. The molecule has 0 spiro atoms. The number of nitrogens with two attached hydrogens (primary N) is 1. The van der Waals surface area contributed by atoms with Gasteiger partial charge in [-0.1, -0.05) is 19.0 Å². The van der Waals surface area contributed by atoms with Gasteiger partial charge in [0.25, 0.3) is 0 Å². The second kappa shape index (κ2) is 5.75. The molecule has 0 saturated carbocycles. The summed E-state index contributed by atoms with van der Waals surface area (Å²) in [6.45, 7) is 7.67. The summed E-state index contributed by atoms with van der Waals surface area (Å²) < 4.78 is 10.5. The fourth-order valence-electron chi connectivity index (χ4n) is 1.49. The SMILES string of the molecule is CCOCCc1onc(N)c1CC(C)C. The van der Waals surface area contributed by atoms with Crippen molar-refractivity contribution in [2.45, 2.75) is 33.6 Å². The fraction of sp³-hybridized carbons (Fsp3) is 0.727. The van der Waals surface area contributed by atoms with Gasteiger partial charge >= 0.3 is 0 Å². The summed E-state index contributed by atoms with van der Waals surface area (Å²) >= 11 is 0. The van der Waals surface area contributed by atoms with Gasteiger partial charge < -0.3 is 15.0 Å². The van der Waals surface area contributed by atoms with Crippen LogP contribution in [0.2, 0.25) is 0 Å². The third-order valence-corrected chi connectivity index (χ3v) is 2.19. The minimum atomic E-state index is 0.523. The summed E-state index contributed by atoms with van der Waals surface area (Å²) in [5.74, 6) is 1.95. The van der Waals surface area contributed by atoms with Crippen molar-refractivity contribution >= 4 is 5.82 Å². The molecule has 0 aliphatic rings. The topological polar surface area (TPSA) is 61.3 Å². The Morgan fingerprint density at radius 3 is 2.80 bits per heavy atom. The zero-order valence-electron chi connectivity index (χ0n) is 9.75. The maximum absolute atomic E-state index is 5.75. The van der Waals surface area contributed by atoms with Crippen molar-refractivity contribution in [3.05, 3.63) is 11.3 Å². The van der Waals surface area contributed by atoms with Crippen molar-refractivity contribution in [2.24, 2.45) is 5.92 Å². The highest BCUT2D eigenvalue weighted by atomic mass is 16.5. The Bertz CT molecular complexity index is 295. The molecule has 1 heterocycles. The molecule has 15 heavy (non-hydrogen) atoms. The van der Waals surface area contributed by atoms with Gasteiger partial charge in [0, 0.05) is 18.6 Å². The van der Waals surface area contributed by atoms with Crippen LogP contribution in [0.3, 0.4) is 0 Å². The standard InChI is InChI=1S/C11H20N2O2/c1-4-14-6-5-10-9(7-8(2)3)11(12)13-15-10/h8H,4-7H2,1-3H3,(H2,12,13). The number of anilines is 1. The molecular formula is C11H20N2O2. The number of hydrogen-bond donors (Lipinski definition) is 1. The average Bonchev–Trinajstić information content (AvgIpc) is 2.49. The molecular weight excluding hydrogens is 192 g/mol. The van der Waals surface area contributed by atoms with E-state index in [0.29, 0.717) is 18.3 Å². The van der Waals surface area contributed by atoms with Gasteiger partial charge in [-0.3, -0.25) is 0 Å². The molecule has 1 aromatic rings. The molecule has 1 rings (SSSR count). The smallest absolute Gasteiger partial charge is 0.170 e. The first-order chi connectivity index (χ1) is 7.15. The molecule has 4 nitrogen and oxygen atoms in total. The lowest BCUT2D eigenvalue weighted by molar-refractivity contribution is 0.145. The minimum absolute atomic E-state index is 0.523. The highest BCUT2D eigenvalue weighted by Crippen LogP contribution is 2.20. The van der Waals surface area contributed by atoms with Crippen LogP contribution in [0.25, 0.3) is 0 Å². The lowest BCUT2D eigenvalue weighted by Gasteiger charge is -2.05. The summed E-state index contributed by atoms with van der Waals surface area (Å²) in [6.07, 6.45) is 1.66. The zero-order valence-corrected chi connectivity index (χ0v) is 9.75. The quantitative estimate of drug-likeness (QED) is 0.733. The van der Waals surface area contributed by atoms with Gasteiger partial charge in [0.1, 0.15) is 5.76 Å². The fourth-order valence-corrected chi connectivity index (χ4v) is 1.49. The van der Waals surface area contributed by atoms with E-state index in [1.54, 1.807) is 0 Å². The van der Waals surface area contributed by atoms with Gasteiger partial charge in [-0.2, -0.15) is 0 Å². The Morgan fingerprint density at radius 1 is 1.47 bits per heavy atom. The van der Waals surface area contributed by atoms with Crippen molar-refractivity contribution in [2.75, 3.05) is 18.9 Å². The van der Waals surface area contributed by atoms with Gasteiger partial charge in [-0.05, 0) is 19.3 Å². The first kappa shape index (κ1) is 12.0. The predicted molar refractivity (Wildman–Crippen MR) is 59.7 cm³/mol. The molecule has 0 aliphatic carbocycles. The van der Waals surface area contributed by atoms with Gasteiger partial charge in [0.05, 0.1) is 6.61 Å². The monoisotopic (exact) mass is 212 g/mol. The van der Waals surface area contributed by atoms with E-state index in [9.17, 15) is 0 Å². The van der Waals surface area contributed by atoms with E-state index in [0.717, 1.165) is 30.8 Å². The summed E-state index contributed by atoms with van der Waals surface area (Å²) in [6, 6.07) is 0. The van der Waals surface area contributed by atoms with Crippen LogP contribution in [0.1, 0.15) is 32.1 Å². The van der Waals surface area contributed by atoms with E-state index in [-0.39, 0.29) is 0 Å². The predicted octanol–water partition coefficient (Wildman–Crippen LogP) is 2.03. The van der Waals surface area contributed by atoms with Crippen molar-refractivity contribution in [3.8, 4) is 0 Å². The van der Waals surface area contributed by atoms with Crippen molar-refractivity contribution in [3.63, 3.8) is 0 Å². The average molecular weight is 212 g/mol. The van der Waals surface area contributed by atoms with E-state index >= 15 is 0 Å². The van der Waals surface area contributed by atoms with Crippen LogP contribution in [0, 0.1) is 5.92 Å². The molecule has 2 N–H and O–H groups in total. The highest BCUT2D eigenvalue weighted by molar-refractivity contribution is 5.40. The maximum Gasteiger partial charge on any atom is 0.170 e. The molecule has 0 bridgehead atoms. The maximum atomic E-state index is 5.75. The largest absolute Gasteiger partial charge is 0.381 e. The molecule has 0 fully saturated rings. The Labute approximate surface area is 90.8 Å². The third kappa shape index (κ3) is 3.55. The minimum Gasteiger partial charge on any atom is -0.381 e. The molecule has 0 aromatic carbocycles. The van der Waals surface area contributed by atoms with Crippen molar-refractivity contribution < 1.29 is 9.26 Å². The highest BCUT2D eigenvalue weighted by Gasteiger charge is 2.14. The van der Waals surface area contributed by atoms with Crippen LogP contribution in [0.15, 0.2) is 4.52 Å². The second-order valence-electron chi connectivity index (χ2n) is 4.01. The first-order valence-electron chi connectivity index (χ1n) is 5.45. The summed E-state index contributed by atoms with van der Waals surface area (Å²) in [5, 5.41) is 3.80. The first-order valence-corrected chi connectivity index (χ1v) is 5.45. The van der Waals surface area contributed by atoms with E-state index in [1.165, 1.54) is 0 Å². The molecule has 0 radical (unpaired) electrons. The molecule has 0 unspecified atom stereocenters. The van der Waals surface area contributed by atoms with Crippen molar-refractivity contribution in [1.82, 2.24) is 5.16 Å². The molecule has 0 atom stereocenters. The van der Waals surface area contributed by atoms with Crippen LogP contribution in [0.4, 0.5) is 5.82 Å². The van der Waals surface area contributed by atoms with Crippen LogP contribution in [-0.4, -0.2) is 18.4 Å². The van der Waals surface area contributed by atoms with Gasteiger partial charge in [-0.15, -0.1) is 0 Å². The summed E-state index contributed by atoms with van der Waals surface area (Å²) in [5.41, 5.74) is 6.79. The number of nitrogen functional groups attached to an aromatic ring is 1. The van der Waals surface area contributed by atoms with Crippen LogP contribution in [-0.2, 0) is 17.6 Å². The second-order valence-corrected chi connectivity index (χ2v) is 4.01. The Hall–Kier alpha value is -1.03. The van der Waals surface area contributed by atoms with Crippen LogP contribution in [0.5, 0.6) is 0 Å². The van der Waals surface area contributed by atoms with E-state index in [2.05, 4.69) is 19.0 Å². The number of hydrogen-bond acceptors (Lipinski definition) is 4. The lowest BCUT2D eigenvalue weighted by atomic mass is 10.0. The molecule has 0 saturated heterocycles. The molecule has 4 heteroatoms. The lowest BCUT2D eigenvalue weighted by Crippen LogP contribution is -2.03. The van der Waals surface area contributed by atoms with Crippen LogP contribution >= 0.6 is 0 Å². The summed E-state index contributed by atoms with van der Waals surface area (Å²) in [4.78, 5) is 0. The van der Waals surface area contributed by atoms with E-state index < -0.39 is 0 Å². The van der Waals surface area contributed by atoms with Gasteiger partial charge in [0.2, 0.25) is 0 Å². The molecule has 86 valence electrons. The van der Waals surface area contributed by atoms with E-state index in [4.69, 9.17) is 15.0 Å². The van der Waals surface area contributed by atoms with Crippen molar-refractivity contribution in [1.29, 1.82) is 0 Å². The van der Waals surface area contributed by atoms with E-state index in [1.807, 2.05) is 6.92 Å². The molecule has 0 aliphatic heterocycles. The third-order valence-electron chi connectivity index (χ3n) is 2.19. The number of nitrogens with zero attached hydrogens (tertiary/aromatic N) is 1. The normalized spacial score (nSPS) is 11.2. The van der Waals surface area contributed by atoms with Gasteiger partial charge in [-0.25, -0.2) is 0 Å². The zero-order chi connectivity index (χ0) is 11.3. The molecule has 1 aromatic heterocycles. The number of ether oxygens (including phenoxy) is 1. The summed E-state index contributed by atoms with van der Waals surface area (Å²) in [7, 11) is 0. The number of rotatable bonds is 6. The number of aromatic nitrogens is 1. The Balaban J connectivity index is 2.62. The Kier molecular flexibility index (Phi) is 4.62. The Morgan fingerprint density at radius 2 is 2.20 bits per heavy atom.